The summed E-state index contributed by atoms with van der Waals surface area (Å²) >= 11 is 0. The number of hydrogen-bond acceptors (Lipinski definition) is 1. The Morgan fingerprint density at radius 2 is 1.50 bits per heavy atom. The largest absolute Gasteiger partial charge is 1.00 e. The van der Waals surface area contributed by atoms with E-state index < -0.39 is 0 Å². The Labute approximate surface area is 90.4 Å². The van der Waals surface area contributed by atoms with Gasteiger partial charge in [-0.15, -0.1) is 0 Å². The minimum Gasteiger partial charge on any atom is -0.445 e. The van der Waals surface area contributed by atoms with E-state index in [4.69, 9.17) is 0 Å². The summed E-state index contributed by atoms with van der Waals surface area (Å²) in [4.78, 5) is 0. The van der Waals surface area contributed by atoms with Crippen LogP contribution in [0.15, 0.2) is 0 Å². The van der Waals surface area contributed by atoms with E-state index in [1.54, 1.807) is 0 Å². The monoisotopic (exact) mass is 164 g/mol. The molecule has 0 unspecified atom stereocenters. The average Bonchev–Trinajstić information content (AvgIpc) is 1.90. The first kappa shape index (κ1) is 18.4. The molecule has 0 aliphatic carbocycles. The summed E-state index contributed by atoms with van der Waals surface area (Å²) in [6.45, 7) is 16.0. The second kappa shape index (κ2) is 17.6. The molecule has 0 fully saturated rings. The third-order valence-corrected chi connectivity index (χ3v) is 1.07. The molecule has 0 aliphatic rings. The second-order valence-corrected chi connectivity index (χ2v) is 2.65. The molecule has 0 saturated heterocycles. The summed E-state index contributed by atoms with van der Waals surface area (Å²) in [5.74, 6) is 0.836. The molecule has 0 radical (unpaired) electrons. The van der Waals surface area contributed by atoms with Crippen LogP contribution in [-0.2, 0) is 4.74 Å². The van der Waals surface area contributed by atoms with E-state index in [1.807, 2.05) is 0 Å². The minimum atomic E-state index is 0. The van der Waals surface area contributed by atoms with Gasteiger partial charge in [-0.1, -0.05) is 33.5 Å². The zero-order valence-corrected chi connectivity index (χ0v) is 8.94. The average molecular weight is 164 g/mol. The Bertz CT molecular complexity index is 53.8. The van der Waals surface area contributed by atoms with Crippen LogP contribution in [0, 0.1) is 26.7 Å². The van der Waals surface area contributed by atoms with Gasteiger partial charge in [0.2, 0.25) is 0 Å². The van der Waals surface area contributed by atoms with Crippen molar-refractivity contribution in [1.29, 1.82) is 0 Å². The van der Waals surface area contributed by atoms with Crippen LogP contribution in [0.25, 0.3) is 0 Å². The Hall–Kier alpha value is 0.557. The van der Waals surface area contributed by atoms with E-state index in [2.05, 4.69) is 39.4 Å². The van der Waals surface area contributed by atoms with Crippen LogP contribution in [-0.4, -0.2) is 13.2 Å². The fourth-order valence-corrected chi connectivity index (χ4v) is 0.510. The maximum absolute atomic E-state index is 4.61. The number of rotatable bonds is 4. The van der Waals surface area contributed by atoms with Crippen molar-refractivity contribution in [3.05, 3.63) is 20.8 Å². The van der Waals surface area contributed by atoms with Crippen LogP contribution in [0.3, 0.4) is 0 Å². The van der Waals surface area contributed by atoms with E-state index in [1.165, 1.54) is 6.42 Å². The Morgan fingerprint density at radius 3 is 1.50 bits per heavy atom. The van der Waals surface area contributed by atoms with Crippen molar-refractivity contribution in [3.8, 4) is 0 Å². The van der Waals surface area contributed by atoms with Crippen molar-refractivity contribution in [2.24, 2.45) is 5.92 Å². The molecule has 0 aliphatic heterocycles. The molecule has 0 rings (SSSR count). The van der Waals surface area contributed by atoms with E-state index in [0.717, 1.165) is 12.3 Å². The van der Waals surface area contributed by atoms with Gasteiger partial charge in [-0.3, -0.25) is 0 Å². The van der Waals surface area contributed by atoms with Crippen molar-refractivity contribution in [2.75, 3.05) is 13.2 Å². The first-order valence-corrected chi connectivity index (χ1v) is 4.14. The van der Waals surface area contributed by atoms with E-state index in [9.17, 15) is 0 Å². The van der Waals surface area contributed by atoms with Crippen LogP contribution >= 0.6 is 0 Å². The van der Waals surface area contributed by atoms with Crippen LogP contribution in [0.1, 0.15) is 26.7 Å². The zero-order chi connectivity index (χ0) is 9.11. The Balaban J connectivity index is -0.000000126. The van der Waals surface area contributed by atoms with Gasteiger partial charge in [-0.05, 0) is 5.92 Å². The fourth-order valence-electron chi connectivity index (χ4n) is 0.510. The molecule has 0 atom stereocenters. The first-order valence-electron chi connectivity index (χ1n) is 4.14. The topological polar surface area (TPSA) is 9.23 Å². The SMILES string of the molecule is [CH2-]CCC(C)C.[CH2-]COC[CH2-].[Li+]. The van der Waals surface area contributed by atoms with Crippen molar-refractivity contribution < 1.29 is 23.6 Å². The minimum absolute atomic E-state index is 0. The van der Waals surface area contributed by atoms with Gasteiger partial charge >= 0.3 is 18.9 Å². The fraction of sp³-hybridized carbons (Fsp3) is 0.700. The number of hydrogen-bond donors (Lipinski definition) is 0. The van der Waals surface area contributed by atoms with Crippen molar-refractivity contribution in [3.63, 3.8) is 0 Å². The van der Waals surface area contributed by atoms with Gasteiger partial charge < -0.3 is 25.5 Å². The Morgan fingerprint density at radius 1 is 1.08 bits per heavy atom. The Kier molecular flexibility index (Phi) is 26.9. The maximum atomic E-state index is 4.61. The summed E-state index contributed by atoms with van der Waals surface area (Å²) in [5, 5.41) is 0. The van der Waals surface area contributed by atoms with Crippen molar-refractivity contribution in [2.45, 2.75) is 26.7 Å². The van der Waals surface area contributed by atoms with Crippen LogP contribution in [0.5, 0.6) is 0 Å². The molecule has 0 aromatic heterocycles. The summed E-state index contributed by atoms with van der Waals surface area (Å²) in [7, 11) is 0. The maximum Gasteiger partial charge on any atom is 1.00 e. The predicted octanol–water partition coefficient (Wildman–Crippen LogP) is -0.0681. The van der Waals surface area contributed by atoms with E-state index in [-0.39, 0.29) is 18.9 Å². The molecule has 0 aromatic rings. The molecular weight excluding hydrogens is 143 g/mol. The molecular formula is C10H21LiO-2. The van der Waals surface area contributed by atoms with Crippen LogP contribution in [0.4, 0.5) is 0 Å². The van der Waals surface area contributed by atoms with Gasteiger partial charge in [0.1, 0.15) is 0 Å². The van der Waals surface area contributed by atoms with Crippen molar-refractivity contribution >= 4 is 0 Å². The zero-order valence-electron chi connectivity index (χ0n) is 8.94. The van der Waals surface area contributed by atoms with E-state index in [0.29, 0.717) is 13.2 Å². The van der Waals surface area contributed by atoms with Gasteiger partial charge in [-0.2, -0.15) is 6.42 Å². The van der Waals surface area contributed by atoms with Gasteiger partial charge in [0.25, 0.3) is 0 Å². The standard InChI is InChI=1S/C6H13.C4H8O.Li/c1-4-5-6(2)3;1-3-5-4-2;/h6H,1,4-5H2,2-3H3;1-4H2;/q-1;-2;+1. The molecule has 2 heteroatoms. The smallest absolute Gasteiger partial charge is 0.445 e. The molecule has 0 amide bonds. The third-order valence-electron chi connectivity index (χ3n) is 1.07. The number of ether oxygens (including phenoxy) is 1. The van der Waals surface area contributed by atoms with Gasteiger partial charge in [-0.25, -0.2) is 0 Å². The molecule has 0 N–H and O–H groups in total. The quantitative estimate of drug-likeness (QED) is 0.417. The normalized spacial score (nSPS) is 8.50. The third kappa shape index (κ3) is 31.2. The van der Waals surface area contributed by atoms with E-state index >= 15 is 0 Å². The van der Waals surface area contributed by atoms with Crippen LogP contribution in [0.2, 0.25) is 0 Å². The molecule has 70 valence electrons. The second-order valence-electron chi connectivity index (χ2n) is 2.65. The molecule has 0 aromatic carbocycles. The molecule has 12 heavy (non-hydrogen) atoms. The van der Waals surface area contributed by atoms with Gasteiger partial charge in [0, 0.05) is 0 Å². The van der Waals surface area contributed by atoms with Crippen LogP contribution < -0.4 is 18.9 Å². The predicted molar refractivity (Wildman–Crippen MR) is 51.0 cm³/mol. The summed E-state index contributed by atoms with van der Waals surface area (Å²) in [5.41, 5.74) is 0. The first-order chi connectivity index (χ1) is 5.18. The van der Waals surface area contributed by atoms with Gasteiger partial charge in [0.05, 0.1) is 0 Å². The van der Waals surface area contributed by atoms with Crippen molar-refractivity contribution in [1.82, 2.24) is 0 Å². The molecule has 0 bridgehead atoms. The molecule has 0 saturated carbocycles. The molecule has 1 nitrogen and oxygen atoms in total. The summed E-state index contributed by atoms with van der Waals surface area (Å²) < 4.78 is 4.61. The molecule has 0 heterocycles. The summed E-state index contributed by atoms with van der Waals surface area (Å²) in [6, 6.07) is 0. The van der Waals surface area contributed by atoms with Gasteiger partial charge in [0.15, 0.2) is 0 Å². The molecule has 0 spiro atoms. The summed E-state index contributed by atoms with van der Waals surface area (Å²) in [6.07, 6.45) is 2.34.